The van der Waals surface area contributed by atoms with Gasteiger partial charge in [-0.25, -0.2) is 0 Å². The van der Waals surface area contributed by atoms with E-state index in [1.165, 1.54) is 27.8 Å². The number of hydrogen-bond donors (Lipinski definition) is 1. The predicted octanol–water partition coefficient (Wildman–Crippen LogP) is 3.65. The standard InChI is InChI=1S/C18H21N/c1-13-6-5-7-14(2)16(13)12-18(19)11-10-15-8-3-4-9-17(15)18/h3-9H,10-12,19H2,1-2H3. The van der Waals surface area contributed by atoms with Crippen molar-refractivity contribution in [2.24, 2.45) is 5.73 Å². The monoisotopic (exact) mass is 251 g/mol. The van der Waals surface area contributed by atoms with E-state index in [2.05, 4.69) is 56.3 Å². The topological polar surface area (TPSA) is 26.0 Å². The van der Waals surface area contributed by atoms with E-state index in [1.807, 2.05) is 0 Å². The van der Waals surface area contributed by atoms with Crippen molar-refractivity contribution < 1.29 is 0 Å². The van der Waals surface area contributed by atoms with E-state index in [0.717, 1.165) is 19.3 Å². The molecular weight excluding hydrogens is 230 g/mol. The van der Waals surface area contributed by atoms with E-state index in [1.54, 1.807) is 0 Å². The lowest BCUT2D eigenvalue weighted by Gasteiger charge is -2.27. The average molecular weight is 251 g/mol. The highest BCUT2D eigenvalue weighted by Crippen LogP contribution is 2.38. The Hall–Kier alpha value is -1.60. The minimum absolute atomic E-state index is 0.187. The summed E-state index contributed by atoms with van der Waals surface area (Å²) in [5.74, 6) is 0. The fraction of sp³-hybridized carbons (Fsp3) is 0.333. The molecule has 0 heterocycles. The summed E-state index contributed by atoms with van der Waals surface area (Å²) in [6.07, 6.45) is 3.11. The Balaban J connectivity index is 2.00. The second kappa shape index (κ2) is 4.50. The largest absolute Gasteiger partial charge is 0.321 e. The van der Waals surface area contributed by atoms with Crippen molar-refractivity contribution in [2.45, 2.75) is 38.6 Å². The summed E-state index contributed by atoms with van der Waals surface area (Å²) in [6, 6.07) is 15.1. The van der Waals surface area contributed by atoms with Gasteiger partial charge in [0.25, 0.3) is 0 Å². The Kier molecular flexibility index (Phi) is 2.94. The molecule has 1 aliphatic carbocycles. The van der Waals surface area contributed by atoms with Gasteiger partial charge < -0.3 is 5.73 Å². The maximum Gasteiger partial charge on any atom is 0.0456 e. The summed E-state index contributed by atoms with van der Waals surface area (Å²) in [4.78, 5) is 0. The molecule has 0 amide bonds. The lowest BCUT2D eigenvalue weighted by molar-refractivity contribution is 0.437. The van der Waals surface area contributed by atoms with Crippen LogP contribution in [0, 0.1) is 13.8 Å². The van der Waals surface area contributed by atoms with Crippen LogP contribution in [0.2, 0.25) is 0 Å². The zero-order chi connectivity index (χ0) is 13.5. The Bertz CT molecular complexity index is 595. The third kappa shape index (κ3) is 2.08. The van der Waals surface area contributed by atoms with Crippen LogP contribution in [0.3, 0.4) is 0 Å². The summed E-state index contributed by atoms with van der Waals surface area (Å²) in [5, 5.41) is 0. The van der Waals surface area contributed by atoms with Crippen molar-refractivity contribution in [3.05, 3.63) is 70.3 Å². The molecule has 0 fully saturated rings. The van der Waals surface area contributed by atoms with Crippen molar-refractivity contribution in [3.63, 3.8) is 0 Å². The van der Waals surface area contributed by atoms with Crippen molar-refractivity contribution in [1.82, 2.24) is 0 Å². The van der Waals surface area contributed by atoms with Crippen LogP contribution in [0.25, 0.3) is 0 Å². The molecule has 1 unspecified atom stereocenters. The van der Waals surface area contributed by atoms with Crippen molar-refractivity contribution in [3.8, 4) is 0 Å². The first-order valence-electron chi connectivity index (χ1n) is 7.02. The van der Waals surface area contributed by atoms with Gasteiger partial charge in [-0.15, -0.1) is 0 Å². The Morgan fingerprint density at radius 1 is 1.00 bits per heavy atom. The molecular formula is C18H21N. The van der Waals surface area contributed by atoms with Gasteiger partial charge in [0.2, 0.25) is 0 Å². The van der Waals surface area contributed by atoms with Crippen LogP contribution in [0.4, 0.5) is 0 Å². The van der Waals surface area contributed by atoms with Gasteiger partial charge >= 0.3 is 0 Å². The molecule has 0 aliphatic heterocycles. The lowest BCUT2D eigenvalue weighted by atomic mass is 9.83. The molecule has 98 valence electrons. The van der Waals surface area contributed by atoms with E-state index in [-0.39, 0.29) is 5.54 Å². The first-order chi connectivity index (χ1) is 9.10. The van der Waals surface area contributed by atoms with E-state index < -0.39 is 0 Å². The number of rotatable bonds is 2. The minimum atomic E-state index is -0.187. The van der Waals surface area contributed by atoms with Gasteiger partial charge in [0, 0.05) is 5.54 Å². The van der Waals surface area contributed by atoms with Crippen LogP contribution in [0.15, 0.2) is 42.5 Å². The number of nitrogens with two attached hydrogens (primary N) is 1. The summed E-state index contributed by atoms with van der Waals surface area (Å²) < 4.78 is 0. The van der Waals surface area contributed by atoms with Crippen LogP contribution in [-0.4, -0.2) is 0 Å². The molecule has 2 aromatic carbocycles. The third-order valence-electron chi connectivity index (χ3n) is 4.53. The van der Waals surface area contributed by atoms with Gasteiger partial charge in [-0.2, -0.15) is 0 Å². The average Bonchev–Trinajstić information content (AvgIpc) is 2.73. The van der Waals surface area contributed by atoms with E-state index in [0.29, 0.717) is 0 Å². The van der Waals surface area contributed by atoms with Crippen LogP contribution in [0.1, 0.15) is 34.2 Å². The molecule has 1 heteroatoms. The Labute approximate surface area is 115 Å². The second-order valence-electron chi connectivity index (χ2n) is 5.86. The summed E-state index contributed by atoms with van der Waals surface area (Å²) in [5.41, 5.74) is 13.5. The van der Waals surface area contributed by atoms with Gasteiger partial charge in [-0.05, 0) is 60.9 Å². The molecule has 0 saturated heterocycles. The smallest absolute Gasteiger partial charge is 0.0456 e. The van der Waals surface area contributed by atoms with E-state index in [9.17, 15) is 0 Å². The number of hydrogen-bond acceptors (Lipinski definition) is 1. The molecule has 2 aromatic rings. The minimum Gasteiger partial charge on any atom is -0.321 e. The highest BCUT2D eigenvalue weighted by Gasteiger charge is 2.35. The molecule has 0 spiro atoms. The van der Waals surface area contributed by atoms with Gasteiger partial charge in [-0.1, -0.05) is 42.5 Å². The van der Waals surface area contributed by atoms with Gasteiger partial charge in [-0.3, -0.25) is 0 Å². The van der Waals surface area contributed by atoms with Gasteiger partial charge in [0.15, 0.2) is 0 Å². The van der Waals surface area contributed by atoms with Crippen LogP contribution < -0.4 is 5.73 Å². The molecule has 2 N–H and O–H groups in total. The fourth-order valence-electron chi connectivity index (χ4n) is 3.34. The van der Waals surface area contributed by atoms with E-state index in [4.69, 9.17) is 5.73 Å². The molecule has 0 aromatic heterocycles. The molecule has 1 nitrogen and oxygen atoms in total. The zero-order valence-electron chi connectivity index (χ0n) is 11.7. The normalized spacial score (nSPS) is 21.4. The second-order valence-corrected chi connectivity index (χ2v) is 5.86. The molecule has 0 bridgehead atoms. The Morgan fingerprint density at radius 3 is 2.42 bits per heavy atom. The highest BCUT2D eigenvalue weighted by atomic mass is 14.8. The summed E-state index contributed by atoms with van der Waals surface area (Å²) in [6.45, 7) is 4.37. The maximum atomic E-state index is 6.74. The maximum absolute atomic E-state index is 6.74. The highest BCUT2D eigenvalue weighted by molar-refractivity contribution is 5.42. The number of aryl methyl sites for hydroxylation is 3. The van der Waals surface area contributed by atoms with Crippen molar-refractivity contribution in [2.75, 3.05) is 0 Å². The van der Waals surface area contributed by atoms with Gasteiger partial charge in [0.1, 0.15) is 0 Å². The summed E-state index contributed by atoms with van der Waals surface area (Å²) >= 11 is 0. The first-order valence-corrected chi connectivity index (χ1v) is 7.02. The quantitative estimate of drug-likeness (QED) is 0.866. The lowest BCUT2D eigenvalue weighted by Crippen LogP contribution is -2.37. The van der Waals surface area contributed by atoms with E-state index >= 15 is 0 Å². The molecule has 0 radical (unpaired) electrons. The van der Waals surface area contributed by atoms with Gasteiger partial charge in [0.05, 0.1) is 0 Å². The fourth-order valence-corrected chi connectivity index (χ4v) is 3.34. The third-order valence-corrected chi connectivity index (χ3v) is 4.53. The summed E-state index contributed by atoms with van der Waals surface area (Å²) in [7, 11) is 0. The SMILES string of the molecule is Cc1cccc(C)c1CC1(N)CCc2ccccc21. The number of fused-ring (bicyclic) bond motifs is 1. The predicted molar refractivity (Wildman–Crippen MR) is 80.2 cm³/mol. The van der Waals surface area contributed by atoms with Crippen LogP contribution in [-0.2, 0) is 18.4 Å². The van der Waals surface area contributed by atoms with Crippen molar-refractivity contribution >= 4 is 0 Å². The first kappa shape index (κ1) is 12.4. The Morgan fingerprint density at radius 2 is 1.68 bits per heavy atom. The molecule has 19 heavy (non-hydrogen) atoms. The molecule has 1 atom stereocenters. The van der Waals surface area contributed by atoms with Crippen LogP contribution >= 0.6 is 0 Å². The van der Waals surface area contributed by atoms with Crippen molar-refractivity contribution in [1.29, 1.82) is 0 Å². The zero-order valence-corrected chi connectivity index (χ0v) is 11.7. The number of benzene rings is 2. The van der Waals surface area contributed by atoms with Crippen LogP contribution in [0.5, 0.6) is 0 Å². The molecule has 0 saturated carbocycles. The molecule has 1 aliphatic rings. The molecule has 3 rings (SSSR count).